The van der Waals surface area contributed by atoms with Crippen LogP contribution in [0.2, 0.25) is 0 Å². The van der Waals surface area contributed by atoms with Gasteiger partial charge < -0.3 is 14.4 Å². The molecular formula is C14H20N2O3. The van der Waals surface area contributed by atoms with Crippen LogP contribution in [0.1, 0.15) is 11.6 Å². The van der Waals surface area contributed by atoms with Crippen molar-refractivity contribution in [1.29, 1.82) is 0 Å². The molecule has 1 amide bonds. The molecule has 0 radical (unpaired) electrons. The minimum Gasteiger partial charge on any atom is -0.496 e. The number of hydrogen-bond acceptors (Lipinski definition) is 4. The molecule has 0 N–H and O–H groups in total. The summed E-state index contributed by atoms with van der Waals surface area (Å²) < 4.78 is 10.2. The van der Waals surface area contributed by atoms with Gasteiger partial charge in [0.2, 0.25) is 0 Å². The van der Waals surface area contributed by atoms with Crippen LogP contribution in [0, 0.1) is 0 Å². The summed E-state index contributed by atoms with van der Waals surface area (Å²) in [6.07, 6.45) is -0.270. The average molecular weight is 264 g/mol. The molecule has 0 bridgehead atoms. The number of carbonyl (C=O) groups is 1. The molecule has 2 rings (SSSR count). The van der Waals surface area contributed by atoms with Crippen molar-refractivity contribution in [2.24, 2.45) is 0 Å². The summed E-state index contributed by atoms with van der Waals surface area (Å²) in [5, 5.41) is 0. The molecule has 1 saturated heterocycles. The standard InChI is InChI=1S/C14H20N2O3/c1-15-8-9-16(14(17)19-3)10-12(15)11-6-4-5-7-13(11)18-2/h4-7,12H,8-10H2,1-3H3. The maximum Gasteiger partial charge on any atom is 0.409 e. The first-order valence-corrected chi connectivity index (χ1v) is 6.33. The third kappa shape index (κ3) is 2.81. The fraction of sp³-hybridized carbons (Fsp3) is 0.500. The highest BCUT2D eigenvalue weighted by Crippen LogP contribution is 2.31. The van der Waals surface area contributed by atoms with E-state index in [2.05, 4.69) is 11.9 Å². The van der Waals surface area contributed by atoms with Gasteiger partial charge in [-0.15, -0.1) is 0 Å². The summed E-state index contributed by atoms with van der Waals surface area (Å²) >= 11 is 0. The molecule has 1 heterocycles. The van der Waals surface area contributed by atoms with Gasteiger partial charge >= 0.3 is 6.09 Å². The van der Waals surface area contributed by atoms with Gasteiger partial charge in [-0.2, -0.15) is 0 Å². The molecule has 0 spiro atoms. The van der Waals surface area contributed by atoms with Gasteiger partial charge in [-0.1, -0.05) is 18.2 Å². The van der Waals surface area contributed by atoms with Gasteiger partial charge in [0.1, 0.15) is 5.75 Å². The van der Waals surface area contributed by atoms with Crippen molar-refractivity contribution in [3.8, 4) is 5.75 Å². The van der Waals surface area contributed by atoms with Crippen LogP contribution in [0.15, 0.2) is 24.3 Å². The lowest BCUT2D eigenvalue weighted by molar-refractivity contribution is 0.0712. The molecule has 1 atom stereocenters. The predicted molar refractivity (Wildman–Crippen MR) is 72.3 cm³/mol. The number of methoxy groups -OCH3 is 2. The highest BCUT2D eigenvalue weighted by Gasteiger charge is 2.30. The summed E-state index contributed by atoms with van der Waals surface area (Å²) in [5.41, 5.74) is 1.10. The van der Waals surface area contributed by atoms with Crippen molar-refractivity contribution in [2.45, 2.75) is 6.04 Å². The summed E-state index contributed by atoms with van der Waals surface area (Å²) in [4.78, 5) is 15.6. The van der Waals surface area contributed by atoms with Crippen LogP contribution in [-0.2, 0) is 4.74 Å². The molecule has 19 heavy (non-hydrogen) atoms. The topological polar surface area (TPSA) is 42.0 Å². The number of carbonyl (C=O) groups excluding carboxylic acids is 1. The number of ether oxygens (including phenoxy) is 2. The highest BCUT2D eigenvalue weighted by molar-refractivity contribution is 5.67. The smallest absolute Gasteiger partial charge is 0.409 e. The van der Waals surface area contributed by atoms with Crippen LogP contribution >= 0.6 is 0 Å². The first-order valence-electron chi connectivity index (χ1n) is 6.33. The molecule has 0 aliphatic carbocycles. The molecule has 0 saturated carbocycles. The van der Waals surface area contributed by atoms with Gasteiger partial charge in [-0.05, 0) is 13.1 Å². The number of nitrogens with zero attached hydrogens (tertiary/aromatic N) is 2. The van der Waals surface area contributed by atoms with Crippen molar-refractivity contribution in [1.82, 2.24) is 9.80 Å². The second-order valence-corrected chi connectivity index (χ2v) is 4.65. The second kappa shape index (κ2) is 5.93. The Balaban J connectivity index is 2.23. The van der Waals surface area contributed by atoms with Gasteiger partial charge in [-0.3, -0.25) is 4.90 Å². The summed E-state index contributed by atoms with van der Waals surface area (Å²) in [6, 6.07) is 8.05. The van der Waals surface area contributed by atoms with E-state index in [-0.39, 0.29) is 12.1 Å². The molecule has 1 aromatic carbocycles. The molecule has 5 nitrogen and oxygen atoms in total. The lowest BCUT2D eigenvalue weighted by Crippen LogP contribution is -2.49. The molecule has 1 aromatic rings. The van der Waals surface area contributed by atoms with Crippen LogP contribution in [0.5, 0.6) is 5.75 Å². The Bertz CT molecular complexity index is 450. The van der Waals surface area contributed by atoms with Gasteiger partial charge in [-0.25, -0.2) is 4.79 Å². The number of piperazine rings is 1. The zero-order valence-electron chi connectivity index (χ0n) is 11.6. The van der Waals surface area contributed by atoms with Crippen LogP contribution in [0.25, 0.3) is 0 Å². The fourth-order valence-electron chi connectivity index (χ4n) is 2.45. The van der Waals surface area contributed by atoms with Crippen LogP contribution in [0.3, 0.4) is 0 Å². The minimum absolute atomic E-state index is 0.129. The molecule has 5 heteroatoms. The third-order valence-corrected chi connectivity index (χ3v) is 3.58. The lowest BCUT2D eigenvalue weighted by atomic mass is 10.0. The van der Waals surface area contributed by atoms with Gasteiger partial charge in [0.05, 0.1) is 20.3 Å². The Hall–Kier alpha value is -1.75. The molecule has 1 aliphatic rings. The number of likely N-dealkylation sites (N-methyl/N-ethyl adjacent to an activating group) is 1. The predicted octanol–water partition coefficient (Wildman–Crippen LogP) is 1.75. The van der Waals surface area contributed by atoms with Crippen molar-refractivity contribution >= 4 is 6.09 Å². The Morgan fingerprint density at radius 3 is 2.68 bits per heavy atom. The zero-order valence-corrected chi connectivity index (χ0v) is 11.6. The zero-order chi connectivity index (χ0) is 13.8. The Morgan fingerprint density at radius 1 is 1.26 bits per heavy atom. The van der Waals surface area contributed by atoms with E-state index in [1.54, 1.807) is 12.0 Å². The molecule has 1 fully saturated rings. The summed E-state index contributed by atoms with van der Waals surface area (Å²) in [6.45, 7) is 2.12. The number of benzene rings is 1. The quantitative estimate of drug-likeness (QED) is 0.816. The SMILES string of the molecule is COC(=O)N1CCN(C)C(c2ccccc2OC)C1. The van der Waals surface area contributed by atoms with E-state index in [4.69, 9.17) is 9.47 Å². The monoisotopic (exact) mass is 264 g/mol. The Kier molecular flexibility index (Phi) is 4.27. The molecule has 1 unspecified atom stereocenters. The van der Waals surface area contributed by atoms with E-state index in [1.807, 2.05) is 24.3 Å². The van der Waals surface area contributed by atoms with Crippen molar-refractivity contribution in [2.75, 3.05) is 40.9 Å². The van der Waals surface area contributed by atoms with Gasteiger partial charge in [0, 0.05) is 25.2 Å². The number of rotatable bonds is 2. The van der Waals surface area contributed by atoms with E-state index in [0.29, 0.717) is 13.1 Å². The normalized spacial score (nSPS) is 20.2. The number of hydrogen-bond donors (Lipinski definition) is 0. The summed E-state index contributed by atoms with van der Waals surface area (Å²) in [5.74, 6) is 0.853. The van der Waals surface area contributed by atoms with E-state index >= 15 is 0 Å². The largest absolute Gasteiger partial charge is 0.496 e. The molecule has 1 aliphatic heterocycles. The van der Waals surface area contributed by atoms with Crippen molar-refractivity contribution < 1.29 is 14.3 Å². The van der Waals surface area contributed by atoms with E-state index < -0.39 is 0 Å². The number of para-hydroxylation sites is 1. The maximum atomic E-state index is 11.7. The average Bonchev–Trinajstić information content (AvgIpc) is 2.47. The highest BCUT2D eigenvalue weighted by atomic mass is 16.5. The number of amides is 1. The minimum atomic E-state index is -0.270. The van der Waals surface area contributed by atoms with Crippen molar-refractivity contribution in [3.05, 3.63) is 29.8 Å². The lowest BCUT2D eigenvalue weighted by Gasteiger charge is -2.39. The van der Waals surface area contributed by atoms with E-state index in [9.17, 15) is 4.79 Å². The van der Waals surface area contributed by atoms with Gasteiger partial charge in [0.15, 0.2) is 0 Å². The first kappa shape index (κ1) is 13.7. The van der Waals surface area contributed by atoms with Crippen LogP contribution in [-0.4, -0.2) is 56.8 Å². The van der Waals surface area contributed by atoms with Crippen molar-refractivity contribution in [3.63, 3.8) is 0 Å². The first-order chi connectivity index (χ1) is 9.17. The summed E-state index contributed by atoms with van der Waals surface area (Å²) in [7, 11) is 5.14. The van der Waals surface area contributed by atoms with Crippen LogP contribution < -0.4 is 4.74 Å². The van der Waals surface area contributed by atoms with E-state index in [0.717, 1.165) is 17.9 Å². The molecular weight excluding hydrogens is 244 g/mol. The molecule has 104 valence electrons. The molecule has 0 aromatic heterocycles. The fourth-order valence-corrected chi connectivity index (χ4v) is 2.45. The maximum absolute atomic E-state index is 11.7. The van der Waals surface area contributed by atoms with Gasteiger partial charge in [0.25, 0.3) is 0 Å². The Morgan fingerprint density at radius 2 is 2.00 bits per heavy atom. The van der Waals surface area contributed by atoms with Crippen LogP contribution in [0.4, 0.5) is 4.79 Å². The second-order valence-electron chi connectivity index (χ2n) is 4.65. The third-order valence-electron chi connectivity index (χ3n) is 3.58. The Labute approximate surface area is 113 Å². The van der Waals surface area contributed by atoms with E-state index in [1.165, 1.54) is 7.11 Å².